The van der Waals surface area contributed by atoms with Crippen molar-refractivity contribution in [2.45, 2.75) is 64.6 Å². The quantitative estimate of drug-likeness (QED) is 0.851. The topological polar surface area (TPSA) is 35.6 Å². The number of hydrogen-bond donors (Lipinski definition) is 1. The molecule has 1 N–H and O–H groups in total. The van der Waals surface area contributed by atoms with E-state index in [1.165, 1.54) is 0 Å². The van der Waals surface area contributed by atoms with E-state index in [1.807, 2.05) is 24.3 Å². The third-order valence-electron chi connectivity index (χ3n) is 5.95. The first-order chi connectivity index (χ1) is 12.4. The molecule has 3 rings (SSSR count). The molecule has 1 saturated heterocycles. The number of carbonyl (C=O) groups excluding carboxylic acids is 1. The van der Waals surface area contributed by atoms with Gasteiger partial charge in [-0.1, -0.05) is 11.6 Å². The van der Waals surface area contributed by atoms with E-state index in [0.717, 1.165) is 56.0 Å². The molecule has 1 aromatic rings. The van der Waals surface area contributed by atoms with Crippen LogP contribution in [0.3, 0.4) is 0 Å². The van der Waals surface area contributed by atoms with Crippen LogP contribution in [-0.4, -0.2) is 53.5 Å². The molecule has 2 fully saturated rings. The number of piperazine rings is 1. The van der Waals surface area contributed by atoms with Crippen molar-refractivity contribution in [1.29, 1.82) is 0 Å². The van der Waals surface area contributed by atoms with E-state index >= 15 is 0 Å². The summed E-state index contributed by atoms with van der Waals surface area (Å²) in [6, 6.07) is 9.34. The molecule has 0 aromatic heterocycles. The minimum Gasteiger partial charge on any atom is -0.382 e. The first-order valence-corrected chi connectivity index (χ1v) is 10.4. The van der Waals surface area contributed by atoms with Crippen molar-refractivity contribution in [1.82, 2.24) is 9.80 Å². The number of rotatable bonds is 4. The largest absolute Gasteiger partial charge is 0.382 e. The number of nitrogens with one attached hydrogen (secondary N) is 1. The lowest BCUT2D eigenvalue weighted by molar-refractivity contribution is -0.139. The Morgan fingerprint density at radius 3 is 2.35 bits per heavy atom. The van der Waals surface area contributed by atoms with Crippen molar-refractivity contribution in [3.05, 3.63) is 29.3 Å². The van der Waals surface area contributed by atoms with Gasteiger partial charge < -0.3 is 10.2 Å². The third kappa shape index (κ3) is 4.72. The molecule has 1 aliphatic heterocycles. The van der Waals surface area contributed by atoms with E-state index in [1.54, 1.807) is 0 Å². The van der Waals surface area contributed by atoms with Crippen molar-refractivity contribution >= 4 is 23.2 Å². The molecule has 1 aliphatic carbocycles. The summed E-state index contributed by atoms with van der Waals surface area (Å²) in [6.45, 7) is 9.47. The van der Waals surface area contributed by atoms with Crippen LogP contribution in [0.1, 0.15) is 46.5 Å². The van der Waals surface area contributed by atoms with E-state index < -0.39 is 0 Å². The summed E-state index contributed by atoms with van der Waals surface area (Å²) in [5.74, 6) is 0.585. The van der Waals surface area contributed by atoms with Crippen LogP contribution >= 0.6 is 11.6 Å². The number of halogens is 1. The lowest BCUT2D eigenvalue weighted by atomic mass is 9.84. The maximum absolute atomic E-state index is 13.0. The second kappa shape index (κ2) is 8.62. The third-order valence-corrected chi connectivity index (χ3v) is 6.20. The monoisotopic (exact) mass is 377 g/mol. The van der Waals surface area contributed by atoms with E-state index in [-0.39, 0.29) is 5.92 Å². The molecular weight excluding hydrogens is 346 g/mol. The fourth-order valence-electron chi connectivity index (χ4n) is 4.46. The smallest absolute Gasteiger partial charge is 0.225 e. The fraction of sp³-hybridized carbons (Fsp3) is 0.667. The van der Waals surface area contributed by atoms with Gasteiger partial charge in [-0.2, -0.15) is 0 Å². The van der Waals surface area contributed by atoms with Gasteiger partial charge in [0.1, 0.15) is 0 Å². The normalized spacial score (nSPS) is 27.6. The Bertz CT molecular complexity index is 596. The Kier molecular flexibility index (Phi) is 6.46. The van der Waals surface area contributed by atoms with E-state index in [2.05, 4.69) is 35.9 Å². The highest BCUT2D eigenvalue weighted by Crippen LogP contribution is 2.29. The van der Waals surface area contributed by atoms with Crippen molar-refractivity contribution in [2.75, 3.05) is 25.0 Å². The van der Waals surface area contributed by atoms with Gasteiger partial charge in [-0.15, -0.1) is 0 Å². The van der Waals surface area contributed by atoms with Crippen molar-refractivity contribution in [3.63, 3.8) is 0 Å². The zero-order chi connectivity index (χ0) is 18.7. The Morgan fingerprint density at radius 1 is 1.12 bits per heavy atom. The first-order valence-electron chi connectivity index (χ1n) is 10.0. The maximum atomic E-state index is 13.0. The van der Waals surface area contributed by atoms with Crippen LogP contribution in [0.4, 0.5) is 5.69 Å². The zero-order valence-corrected chi connectivity index (χ0v) is 17.0. The molecular formula is C21H32ClN3O. The Labute approximate surface area is 162 Å². The molecule has 4 nitrogen and oxygen atoms in total. The maximum Gasteiger partial charge on any atom is 0.225 e. The van der Waals surface area contributed by atoms with Gasteiger partial charge in [-0.25, -0.2) is 0 Å². The first kappa shape index (κ1) is 19.5. The molecule has 26 heavy (non-hydrogen) atoms. The molecule has 1 saturated carbocycles. The zero-order valence-electron chi connectivity index (χ0n) is 16.2. The van der Waals surface area contributed by atoms with Gasteiger partial charge in [0.05, 0.1) is 0 Å². The highest BCUT2D eigenvalue weighted by atomic mass is 35.5. The summed E-state index contributed by atoms with van der Waals surface area (Å²) >= 11 is 5.95. The minimum absolute atomic E-state index is 0.205. The van der Waals surface area contributed by atoms with Crippen LogP contribution < -0.4 is 5.32 Å². The van der Waals surface area contributed by atoms with Crippen LogP contribution in [0.15, 0.2) is 24.3 Å². The predicted octanol–water partition coefficient (Wildman–Crippen LogP) is 4.25. The second-order valence-electron chi connectivity index (χ2n) is 8.16. The summed E-state index contributed by atoms with van der Waals surface area (Å²) in [7, 11) is 0. The average molecular weight is 378 g/mol. The van der Waals surface area contributed by atoms with Crippen molar-refractivity contribution in [2.24, 2.45) is 5.92 Å². The van der Waals surface area contributed by atoms with Gasteiger partial charge in [0.25, 0.3) is 0 Å². The van der Waals surface area contributed by atoms with Gasteiger partial charge in [-0.3, -0.25) is 9.69 Å². The summed E-state index contributed by atoms with van der Waals surface area (Å²) in [5, 5.41) is 4.34. The molecule has 1 atom stereocenters. The molecule has 0 bridgehead atoms. The van der Waals surface area contributed by atoms with Crippen molar-refractivity contribution in [3.8, 4) is 0 Å². The fourth-order valence-corrected chi connectivity index (χ4v) is 4.59. The lowest BCUT2D eigenvalue weighted by Crippen LogP contribution is -2.56. The molecule has 0 spiro atoms. The predicted molar refractivity (Wildman–Crippen MR) is 109 cm³/mol. The summed E-state index contributed by atoms with van der Waals surface area (Å²) in [4.78, 5) is 17.6. The number of amides is 1. The van der Waals surface area contributed by atoms with Gasteiger partial charge >= 0.3 is 0 Å². The second-order valence-corrected chi connectivity index (χ2v) is 8.60. The highest BCUT2D eigenvalue weighted by Gasteiger charge is 2.33. The van der Waals surface area contributed by atoms with E-state index in [0.29, 0.717) is 24.0 Å². The van der Waals surface area contributed by atoms with Gasteiger partial charge in [0.15, 0.2) is 0 Å². The Hall–Kier alpha value is -1.26. The van der Waals surface area contributed by atoms with E-state index in [9.17, 15) is 4.79 Å². The highest BCUT2D eigenvalue weighted by molar-refractivity contribution is 6.30. The van der Waals surface area contributed by atoms with Gasteiger partial charge in [0, 0.05) is 54.4 Å². The Morgan fingerprint density at radius 2 is 1.77 bits per heavy atom. The molecule has 1 heterocycles. The molecule has 144 valence electrons. The SMILES string of the molecule is CC(C)N1CCN(C(=O)[C@H]2CC[C@H](Nc3ccc(Cl)cc3)CC2)CC1C. The van der Waals surface area contributed by atoms with Crippen molar-refractivity contribution < 1.29 is 4.79 Å². The van der Waals surface area contributed by atoms with Crippen LogP contribution in [-0.2, 0) is 4.79 Å². The standard InChI is InChI=1S/C21H32ClN3O/c1-15(2)25-13-12-24(14-16(25)3)21(26)17-4-8-19(9-5-17)23-20-10-6-18(22)7-11-20/h6-7,10-11,15-17,19,23H,4-5,8-9,12-14H2,1-3H3/t16?,17-,19-. The summed E-state index contributed by atoms with van der Waals surface area (Å²) in [6.07, 6.45) is 4.09. The number of nitrogens with zero attached hydrogens (tertiary/aromatic N) is 2. The van der Waals surface area contributed by atoms with Gasteiger partial charge in [-0.05, 0) is 70.7 Å². The molecule has 5 heteroatoms. The summed E-state index contributed by atoms with van der Waals surface area (Å²) < 4.78 is 0. The molecule has 1 unspecified atom stereocenters. The lowest BCUT2D eigenvalue weighted by Gasteiger charge is -2.43. The molecule has 1 amide bonds. The number of hydrogen-bond acceptors (Lipinski definition) is 3. The van der Waals surface area contributed by atoms with E-state index in [4.69, 9.17) is 11.6 Å². The van der Waals surface area contributed by atoms with Crippen LogP contribution in [0, 0.1) is 5.92 Å². The molecule has 0 radical (unpaired) electrons. The number of carbonyl (C=O) groups is 1. The average Bonchev–Trinajstić information content (AvgIpc) is 2.63. The molecule has 1 aromatic carbocycles. The number of benzene rings is 1. The van der Waals surface area contributed by atoms with Crippen LogP contribution in [0.2, 0.25) is 5.02 Å². The van der Waals surface area contributed by atoms with Gasteiger partial charge in [0.2, 0.25) is 5.91 Å². The number of anilines is 1. The minimum atomic E-state index is 0.205. The Balaban J connectivity index is 1.47. The van der Waals surface area contributed by atoms with Crippen LogP contribution in [0.25, 0.3) is 0 Å². The summed E-state index contributed by atoms with van der Waals surface area (Å²) in [5.41, 5.74) is 1.11. The molecule has 2 aliphatic rings. The van der Waals surface area contributed by atoms with Crippen LogP contribution in [0.5, 0.6) is 0 Å².